The van der Waals surface area contributed by atoms with E-state index in [0.29, 0.717) is 10.6 Å². The molecule has 0 unspecified atom stereocenters. The molecule has 0 aliphatic rings. The number of hydrogen-bond acceptors (Lipinski definition) is 3. The molecular formula is C13H12ClFN2O2S. The highest BCUT2D eigenvalue weighted by Gasteiger charge is 2.20. The Morgan fingerprint density at radius 3 is 2.40 bits per heavy atom. The van der Waals surface area contributed by atoms with E-state index in [9.17, 15) is 12.8 Å². The Kier molecular flexibility index (Phi) is 4.25. The minimum atomic E-state index is -3.59. The summed E-state index contributed by atoms with van der Waals surface area (Å²) >= 11 is 5.71. The molecular weight excluding hydrogens is 303 g/mol. The summed E-state index contributed by atoms with van der Waals surface area (Å²) in [7, 11) is -2.17. The van der Waals surface area contributed by atoms with Gasteiger partial charge in [-0.05, 0) is 29.8 Å². The van der Waals surface area contributed by atoms with Crippen molar-refractivity contribution < 1.29 is 12.8 Å². The molecule has 0 N–H and O–H groups in total. The maximum absolute atomic E-state index is 12.8. The van der Waals surface area contributed by atoms with Crippen LogP contribution in [0.15, 0.2) is 42.6 Å². The van der Waals surface area contributed by atoms with Gasteiger partial charge in [0.2, 0.25) is 10.0 Å². The molecule has 0 spiro atoms. The number of halogens is 2. The number of sulfonamides is 1. The molecule has 2 rings (SSSR count). The third-order valence-electron chi connectivity index (χ3n) is 2.71. The zero-order valence-electron chi connectivity index (χ0n) is 10.6. The van der Waals surface area contributed by atoms with Gasteiger partial charge in [-0.2, -0.15) is 0 Å². The molecule has 0 bridgehead atoms. The molecule has 0 aliphatic carbocycles. The van der Waals surface area contributed by atoms with Crippen LogP contribution in [0.1, 0.15) is 5.56 Å². The summed E-state index contributed by atoms with van der Waals surface area (Å²) < 4.78 is 38.3. The highest BCUT2D eigenvalue weighted by Crippen LogP contribution is 2.18. The van der Waals surface area contributed by atoms with E-state index >= 15 is 0 Å². The Hall–Kier alpha value is -1.66. The monoisotopic (exact) mass is 314 g/mol. The number of benzene rings is 1. The average Bonchev–Trinajstić information content (AvgIpc) is 2.41. The van der Waals surface area contributed by atoms with Crippen molar-refractivity contribution in [2.75, 3.05) is 11.4 Å². The molecule has 1 aromatic carbocycles. The molecule has 0 saturated carbocycles. The predicted molar refractivity (Wildman–Crippen MR) is 76.7 cm³/mol. The number of nitrogens with zero attached hydrogens (tertiary/aromatic N) is 2. The topological polar surface area (TPSA) is 50.3 Å². The van der Waals surface area contributed by atoms with Crippen molar-refractivity contribution in [3.63, 3.8) is 0 Å². The highest BCUT2D eigenvalue weighted by molar-refractivity contribution is 7.92. The lowest BCUT2D eigenvalue weighted by Crippen LogP contribution is -2.28. The number of hydrogen-bond donors (Lipinski definition) is 0. The Labute approximate surface area is 121 Å². The standard InChI is InChI=1S/C13H12ClFN2O2S/c1-17(13-7-4-11(14)8-16-13)20(18,19)9-10-2-5-12(15)6-3-10/h2-8H,9H2,1H3. The molecule has 0 fully saturated rings. The van der Waals surface area contributed by atoms with E-state index in [2.05, 4.69) is 4.98 Å². The predicted octanol–water partition coefficient (Wildman–Crippen LogP) is 2.84. The SMILES string of the molecule is CN(c1ccc(Cl)cn1)S(=O)(=O)Cc1ccc(F)cc1. The third-order valence-corrected chi connectivity index (χ3v) is 4.66. The highest BCUT2D eigenvalue weighted by atomic mass is 35.5. The van der Waals surface area contributed by atoms with Gasteiger partial charge in [0.25, 0.3) is 0 Å². The van der Waals surface area contributed by atoms with Crippen LogP contribution < -0.4 is 4.31 Å². The first-order valence-electron chi connectivity index (χ1n) is 5.71. The molecule has 0 aliphatic heterocycles. The third kappa shape index (κ3) is 3.46. The average molecular weight is 315 g/mol. The fourth-order valence-corrected chi connectivity index (χ4v) is 2.90. The van der Waals surface area contributed by atoms with Crippen molar-refractivity contribution in [3.05, 3.63) is 59.0 Å². The minimum Gasteiger partial charge on any atom is -0.257 e. The number of anilines is 1. The Morgan fingerprint density at radius 1 is 1.20 bits per heavy atom. The lowest BCUT2D eigenvalue weighted by atomic mass is 10.2. The Balaban J connectivity index is 2.21. The van der Waals surface area contributed by atoms with E-state index in [1.165, 1.54) is 43.6 Å². The molecule has 4 nitrogen and oxygen atoms in total. The van der Waals surface area contributed by atoms with Crippen LogP contribution >= 0.6 is 11.6 Å². The van der Waals surface area contributed by atoms with Gasteiger partial charge in [0.15, 0.2) is 0 Å². The van der Waals surface area contributed by atoms with E-state index < -0.39 is 15.8 Å². The minimum absolute atomic E-state index is 0.228. The second-order valence-corrected chi connectivity index (χ2v) is 6.62. The molecule has 0 amide bonds. The van der Waals surface area contributed by atoms with Crippen LogP contribution in [0.2, 0.25) is 5.02 Å². The van der Waals surface area contributed by atoms with Gasteiger partial charge in [0.1, 0.15) is 11.6 Å². The van der Waals surface area contributed by atoms with E-state index in [1.807, 2.05) is 0 Å². The van der Waals surface area contributed by atoms with Gasteiger partial charge in [-0.15, -0.1) is 0 Å². The summed E-state index contributed by atoms with van der Waals surface area (Å²) in [5.41, 5.74) is 0.507. The van der Waals surface area contributed by atoms with Gasteiger partial charge in [0, 0.05) is 13.2 Å². The molecule has 0 radical (unpaired) electrons. The van der Waals surface area contributed by atoms with E-state index in [-0.39, 0.29) is 11.6 Å². The molecule has 1 aromatic heterocycles. The summed E-state index contributed by atoms with van der Waals surface area (Å²) in [4.78, 5) is 3.96. The lowest BCUT2D eigenvalue weighted by molar-refractivity contribution is 0.592. The van der Waals surface area contributed by atoms with Crippen molar-refractivity contribution in [2.45, 2.75) is 5.75 Å². The zero-order valence-corrected chi connectivity index (χ0v) is 12.2. The van der Waals surface area contributed by atoms with Crippen LogP contribution in [0.4, 0.5) is 10.2 Å². The summed E-state index contributed by atoms with van der Waals surface area (Å²) in [6.07, 6.45) is 1.38. The second kappa shape index (κ2) is 5.76. The smallest absolute Gasteiger partial charge is 0.240 e. The van der Waals surface area contributed by atoms with Crippen molar-refractivity contribution in [3.8, 4) is 0 Å². The van der Waals surface area contributed by atoms with Crippen LogP contribution in [0, 0.1) is 5.82 Å². The van der Waals surface area contributed by atoms with Gasteiger partial charge in [-0.25, -0.2) is 17.8 Å². The fraction of sp³-hybridized carbons (Fsp3) is 0.154. The maximum atomic E-state index is 12.8. The van der Waals surface area contributed by atoms with Crippen molar-refractivity contribution in [1.29, 1.82) is 0 Å². The van der Waals surface area contributed by atoms with Gasteiger partial charge in [-0.3, -0.25) is 4.31 Å². The quantitative estimate of drug-likeness (QED) is 0.872. The van der Waals surface area contributed by atoms with E-state index in [1.54, 1.807) is 6.07 Å². The number of pyridine rings is 1. The van der Waals surface area contributed by atoms with Crippen molar-refractivity contribution >= 4 is 27.4 Å². The first-order valence-corrected chi connectivity index (χ1v) is 7.70. The molecule has 7 heteroatoms. The van der Waals surface area contributed by atoms with Crippen LogP contribution in [-0.4, -0.2) is 20.4 Å². The van der Waals surface area contributed by atoms with Gasteiger partial charge < -0.3 is 0 Å². The largest absolute Gasteiger partial charge is 0.257 e. The summed E-state index contributed by atoms with van der Waals surface area (Å²) in [5.74, 6) is -0.357. The fourth-order valence-electron chi connectivity index (χ4n) is 1.58. The lowest BCUT2D eigenvalue weighted by Gasteiger charge is -2.18. The molecule has 106 valence electrons. The Morgan fingerprint density at radius 2 is 1.85 bits per heavy atom. The van der Waals surface area contributed by atoms with E-state index in [4.69, 9.17) is 11.6 Å². The summed E-state index contributed by atoms with van der Waals surface area (Å²) in [6.45, 7) is 0. The molecule has 0 atom stereocenters. The summed E-state index contributed by atoms with van der Waals surface area (Å²) in [5, 5.41) is 0.429. The van der Waals surface area contributed by atoms with Crippen LogP contribution in [-0.2, 0) is 15.8 Å². The second-order valence-electron chi connectivity index (χ2n) is 4.18. The first kappa shape index (κ1) is 14.7. The van der Waals surface area contributed by atoms with Crippen molar-refractivity contribution in [1.82, 2.24) is 4.98 Å². The molecule has 20 heavy (non-hydrogen) atoms. The van der Waals surface area contributed by atoms with Crippen molar-refractivity contribution in [2.24, 2.45) is 0 Å². The van der Waals surface area contributed by atoms with E-state index in [0.717, 1.165) is 4.31 Å². The zero-order chi connectivity index (χ0) is 14.8. The maximum Gasteiger partial charge on any atom is 0.240 e. The van der Waals surface area contributed by atoms with Gasteiger partial charge >= 0.3 is 0 Å². The summed E-state index contributed by atoms with van der Waals surface area (Å²) in [6, 6.07) is 8.42. The van der Waals surface area contributed by atoms with Gasteiger partial charge in [-0.1, -0.05) is 23.7 Å². The molecule has 2 aromatic rings. The molecule has 1 heterocycles. The Bertz CT molecular complexity index is 687. The number of aromatic nitrogens is 1. The van der Waals surface area contributed by atoms with Crippen LogP contribution in [0.3, 0.4) is 0 Å². The van der Waals surface area contributed by atoms with Crippen LogP contribution in [0.5, 0.6) is 0 Å². The number of rotatable bonds is 4. The van der Waals surface area contributed by atoms with Gasteiger partial charge in [0.05, 0.1) is 10.8 Å². The first-order chi connectivity index (χ1) is 9.38. The van der Waals surface area contributed by atoms with Crippen LogP contribution in [0.25, 0.3) is 0 Å². The normalized spacial score (nSPS) is 11.3. The molecule has 0 saturated heterocycles.